The minimum absolute atomic E-state index is 0.110. The first-order valence-electron chi connectivity index (χ1n) is 5.12. The predicted octanol–water partition coefficient (Wildman–Crippen LogP) is 2.09. The zero-order valence-electron chi connectivity index (χ0n) is 9.88. The van der Waals surface area contributed by atoms with Gasteiger partial charge in [-0.2, -0.15) is 5.10 Å². The summed E-state index contributed by atoms with van der Waals surface area (Å²) >= 11 is 10.8. The molecule has 0 amide bonds. The summed E-state index contributed by atoms with van der Waals surface area (Å²) < 4.78 is 9.98. The van der Waals surface area contributed by atoms with E-state index in [9.17, 15) is 0 Å². The molecule has 1 aromatic heterocycles. The fourth-order valence-electron chi connectivity index (χ4n) is 1.60. The molecule has 1 aromatic rings. The number of ether oxygens (including phenoxy) is 1. The van der Waals surface area contributed by atoms with Crippen LogP contribution in [-0.4, -0.2) is 39.2 Å². The van der Waals surface area contributed by atoms with Crippen molar-refractivity contribution in [2.75, 3.05) is 13.3 Å². The van der Waals surface area contributed by atoms with Crippen molar-refractivity contribution in [1.82, 2.24) is 14.1 Å². The molecular formula is C9H16N3OPS2. The van der Waals surface area contributed by atoms with Crippen LogP contribution < -0.4 is 0 Å². The number of epoxide rings is 1. The van der Waals surface area contributed by atoms with E-state index < -0.39 is 6.19 Å². The Morgan fingerprint density at radius 1 is 1.62 bits per heavy atom. The molecule has 1 saturated heterocycles. The van der Waals surface area contributed by atoms with Gasteiger partial charge in [0.2, 0.25) is 4.77 Å². The van der Waals surface area contributed by atoms with Crippen molar-refractivity contribution in [3.63, 3.8) is 0 Å². The van der Waals surface area contributed by atoms with Gasteiger partial charge in [0.25, 0.3) is 0 Å². The Balaban J connectivity index is 2.29. The van der Waals surface area contributed by atoms with Gasteiger partial charge in [-0.3, -0.25) is 4.34 Å². The van der Waals surface area contributed by atoms with Crippen molar-refractivity contribution in [2.24, 2.45) is 0 Å². The standard InChI is InChI=1S/C9H16N3OPS2/c1-7-9(2,13-7)5-11-8(15)12(6-10-11)14(3,4)16/h6-7H,5H2,1-4H3. The van der Waals surface area contributed by atoms with Crippen LogP contribution in [0.25, 0.3) is 0 Å². The van der Waals surface area contributed by atoms with Crippen LogP contribution in [0.4, 0.5) is 0 Å². The summed E-state index contributed by atoms with van der Waals surface area (Å²) in [7, 11) is 0. The van der Waals surface area contributed by atoms with Crippen molar-refractivity contribution < 1.29 is 4.74 Å². The molecule has 0 radical (unpaired) electrons. The Hall–Kier alpha value is -0.0300. The molecule has 2 atom stereocenters. The largest absolute Gasteiger partial charge is 0.365 e. The second-order valence-electron chi connectivity index (χ2n) is 4.78. The molecule has 1 fully saturated rings. The van der Waals surface area contributed by atoms with Crippen LogP contribution in [0, 0.1) is 4.77 Å². The van der Waals surface area contributed by atoms with E-state index >= 15 is 0 Å². The molecule has 2 unspecified atom stereocenters. The Morgan fingerprint density at radius 3 is 2.56 bits per heavy atom. The number of hydrogen-bond acceptors (Lipinski definition) is 4. The topological polar surface area (TPSA) is 35.3 Å². The maximum absolute atomic E-state index is 5.52. The van der Waals surface area contributed by atoms with Gasteiger partial charge in [-0.1, -0.05) is 11.8 Å². The Bertz CT molecular complexity index is 517. The van der Waals surface area contributed by atoms with Gasteiger partial charge in [-0.15, -0.1) is 0 Å². The minimum Gasteiger partial charge on any atom is -0.365 e. The smallest absolute Gasteiger partial charge is 0.201 e. The summed E-state index contributed by atoms with van der Waals surface area (Å²) in [4.78, 5) is 0. The molecule has 1 aliphatic rings. The molecule has 90 valence electrons. The molecule has 4 nitrogen and oxygen atoms in total. The minimum atomic E-state index is -1.57. The Morgan fingerprint density at radius 2 is 2.19 bits per heavy atom. The molecule has 2 heterocycles. The van der Waals surface area contributed by atoms with E-state index in [1.807, 2.05) is 22.3 Å². The van der Waals surface area contributed by atoms with Gasteiger partial charge in [0, 0.05) is 6.19 Å². The molecule has 16 heavy (non-hydrogen) atoms. The molecule has 0 bridgehead atoms. The predicted molar refractivity (Wildman–Crippen MR) is 71.5 cm³/mol. The molecule has 0 N–H and O–H groups in total. The quantitative estimate of drug-likeness (QED) is 0.481. The van der Waals surface area contributed by atoms with Gasteiger partial charge in [0.1, 0.15) is 11.9 Å². The third-order valence-electron chi connectivity index (χ3n) is 2.95. The Labute approximate surface area is 106 Å². The molecular weight excluding hydrogens is 261 g/mol. The highest BCUT2D eigenvalue weighted by Gasteiger charge is 2.49. The van der Waals surface area contributed by atoms with Crippen molar-refractivity contribution in [1.29, 1.82) is 0 Å². The van der Waals surface area contributed by atoms with Gasteiger partial charge in [0.05, 0.1) is 12.6 Å². The average Bonchev–Trinajstić information content (AvgIpc) is 2.53. The van der Waals surface area contributed by atoms with Crippen LogP contribution in [0.1, 0.15) is 13.8 Å². The van der Waals surface area contributed by atoms with Crippen molar-refractivity contribution in [2.45, 2.75) is 32.1 Å². The van der Waals surface area contributed by atoms with E-state index in [4.69, 9.17) is 28.8 Å². The van der Waals surface area contributed by atoms with E-state index in [0.717, 1.165) is 0 Å². The summed E-state index contributed by atoms with van der Waals surface area (Å²) in [6.07, 6.45) is 0.459. The lowest BCUT2D eigenvalue weighted by atomic mass is 10.1. The van der Waals surface area contributed by atoms with Crippen LogP contribution in [0.3, 0.4) is 0 Å². The first kappa shape index (κ1) is 12.4. The summed E-state index contributed by atoms with van der Waals surface area (Å²) in [5.41, 5.74) is -0.110. The second-order valence-corrected chi connectivity index (χ2v) is 10.8. The summed E-state index contributed by atoms with van der Waals surface area (Å²) in [5.74, 6) is 0. The third-order valence-corrected chi connectivity index (χ3v) is 5.35. The number of hydrogen-bond donors (Lipinski definition) is 0. The number of aromatic nitrogens is 3. The van der Waals surface area contributed by atoms with Gasteiger partial charge in [0.15, 0.2) is 0 Å². The monoisotopic (exact) mass is 277 g/mol. The molecule has 0 aliphatic carbocycles. The van der Waals surface area contributed by atoms with Gasteiger partial charge in [-0.05, 0) is 39.4 Å². The van der Waals surface area contributed by atoms with Gasteiger partial charge < -0.3 is 4.74 Å². The fourth-order valence-corrected chi connectivity index (χ4v) is 3.70. The van der Waals surface area contributed by atoms with Crippen molar-refractivity contribution in [3.05, 3.63) is 11.1 Å². The Kier molecular flexibility index (Phi) is 2.90. The molecule has 7 heteroatoms. The highest BCUT2D eigenvalue weighted by Crippen LogP contribution is 2.40. The second kappa shape index (κ2) is 3.73. The summed E-state index contributed by atoms with van der Waals surface area (Å²) in [6, 6.07) is 0. The average molecular weight is 277 g/mol. The molecule has 0 spiro atoms. The van der Waals surface area contributed by atoms with E-state index in [0.29, 0.717) is 11.3 Å². The lowest BCUT2D eigenvalue weighted by molar-refractivity contribution is 0.277. The van der Waals surface area contributed by atoms with Crippen LogP contribution in [0.2, 0.25) is 0 Å². The highest BCUT2D eigenvalue weighted by atomic mass is 32.4. The molecule has 0 saturated carbocycles. The van der Waals surface area contributed by atoms with E-state index in [-0.39, 0.29) is 11.7 Å². The first-order chi connectivity index (χ1) is 7.24. The third kappa shape index (κ3) is 2.16. The van der Waals surface area contributed by atoms with Crippen LogP contribution in [0.15, 0.2) is 6.33 Å². The van der Waals surface area contributed by atoms with Crippen LogP contribution >= 0.6 is 18.4 Å². The highest BCUT2D eigenvalue weighted by molar-refractivity contribution is 8.13. The summed E-state index contributed by atoms with van der Waals surface area (Å²) in [5, 5.41) is 4.30. The van der Waals surface area contributed by atoms with Crippen LogP contribution in [-0.2, 0) is 23.1 Å². The zero-order chi connectivity index (χ0) is 12.1. The molecule has 2 rings (SSSR count). The lowest BCUT2D eigenvalue weighted by Gasteiger charge is -2.11. The maximum atomic E-state index is 5.52. The van der Waals surface area contributed by atoms with Gasteiger partial charge in [-0.25, -0.2) is 4.68 Å². The first-order valence-corrected chi connectivity index (χ1v) is 9.18. The summed E-state index contributed by atoms with van der Waals surface area (Å²) in [6.45, 7) is 8.93. The van der Waals surface area contributed by atoms with E-state index in [2.05, 4.69) is 18.9 Å². The molecule has 1 aliphatic heterocycles. The van der Waals surface area contributed by atoms with Crippen molar-refractivity contribution in [3.8, 4) is 0 Å². The fraction of sp³-hybridized carbons (Fsp3) is 0.778. The maximum Gasteiger partial charge on any atom is 0.201 e. The van der Waals surface area contributed by atoms with Gasteiger partial charge >= 0.3 is 0 Å². The van der Waals surface area contributed by atoms with E-state index in [1.165, 1.54) is 0 Å². The normalized spacial score (nSPS) is 29.4. The van der Waals surface area contributed by atoms with Crippen molar-refractivity contribution >= 4 is 30.2 Å². The number of rotatable bonds is 3. The SMILES string of the molecule is CC1OC1(C)Cn1ncn(P(C)(C)=S)c1=S. The van der Waals surface area contributed by atoms with E-state index in [1.54, 1.807) is 6.33 Å². The molecule has 0 aromatic carbocycles. The van der Waals surface area contributed by atoms with Crippen LogP contribution in [0.5, 0.6) is 0 Å². The number of nitrogens with zero attached hydrogens (tertiary/aromatic N) is 3. The zero-order valence-corrected chi connectivity index (χ0v) is 12.4. The lowest BCUT2D eigenvalue weighted by Crippen LogP contribution is -2.19.